The van der Waals surface area contributed by atoms with Crippen molar-refractivity contribution in [3.63, 3.8) is 0 Å². The fourth-order valence-electron chi connectivity index (χ4n) is 2.61. The van der Waals surface area contributed by atoms with Crippen molar-refractivity contribution in [1.29, 1.82) is 0 Å². The maximum atomic E-state index is 4.45. The van der Waals surface area contributed by atoms with Crippen LogP contribution < -0.4 is 10.2 Å². The lowest BCUT2D eigenvalue weighted by atomic mass is 10.3. The molecule has 3 aromatic rings. The van der Waals surface area contributed by atoms with Crippen LogP contribution in [0.3, 0.4) is 0 Å². The number of hydrogen-bond acceptors (Lipinski definition) is 6. The van der Waals surface area contributed by atoms with Crippen LogP contribution in [0.15, 0.2) is 36.9 Å². The Morgan fingerprint density at radius 1 is 1.05 bits per heavy atom. The van der Waals surface area contributed by atoms with Crippen molar-refractivity contribution in [3.05, 3.63) is 36.9 Å². The summed E-state index contributed by atoms with van der Waals surface area (Å²) in [4.78, 5) is 15.4. The van der Waals surface area contributed by atoms with Gasteiger partial charge in [-0.25, -0.2) is 15.0 Å². The van der Waals surface area contributed by atoms with Crippen LogP contribution in [0, 0.1) is 0 Å². The Balaban J connectivity index is 1.83. The second-order valence-electron chi connectivity index (χ2n) is 4.92. The van der Waals surface area contributed by atoms with E-state index in [1.54, 1.807) is 17.2 Å². The quantitative estimate of drug-likeness (QED) is 0.742. The molecule has 1 fully saturated rings. The predicted octanol–water partition coefficient (Wildman–Crippen LogP) is 0.620. The fraction of sp³-hybridized carbons (Fsp3) is 0.286. The number of nitrogens with zero attached hydrogens (tertiary/aromatic N) is 6. The zero-order valence-electron chi connectivity index (χ0n) is 11.5. The molecule has 21 heavy (non-hydrogen) atoms. The molecule has 1 N–H and O–H groups in total. The summed E-state index contributed by atoms with van der Waals surface area (Å²) < 4.78 is 1.75. The van der Waals surface area contributed by atoms with Crippen LogP contribution in [0.2, 0.25) is 0 Å². The molecule has 0 unspecified atom stereocenters. The summed E-state index contributed by atoms with van der Waals surface area (Å²) in [5, 5.41) is 8.74. The van der Waals surface area contributed by atoms with Crippen molar-refractivity contribution in [2.75, 3.05) is 31.1 Å². The standard InChI is InChI=1S/C14H15N7/c1-2-4-16-12(3-1)21-14-11(9-19-21)13(17-10-18-14)20-7-5-15-6-8-20/h1-4,9-10,15H,5-8H2. The normalized spacial score (nSPS) is 15.5. The molecule has 4 heterocycles. The van der Waals surface area contributed by atoms with Crippen LogP contribution in [0.25, 0.3) is 16.9 Å². The molecule has 1 saturated heterocycles. The van der Waals surface area contributed by atoms with Gasteiger partial charge in [-0.2, -0.15) is 9.78 Å². The Bertz CT molecular complexity index is 746. The van der Waals surface area contributed by atoms with Crippen LogP contribution in [0.5, 0.6) is 0 Å². The van der Waals surface area contributed by atoms with Gasteiger partial charge in [0.05, 0.1) is 11.6 Å². The van der Waals surface area contributed by atoms with Crippen LogP contribution in [0.4, 0.5) is 5.82 Å². The first-order chi connectivity index (χ1) is 10.4. The number of hydrogen-bond donors (Lipinski definition) is 1. The van der Waals surface area contributed by atoms with E-state index in [2.05, 4.69) is 30.3 Å². The van der Waals surface area contributed by atoms with E-state index in [-0.39, 0.29) is 0 Å². The molecule has 7 nitrogen and oxygen atoms in total. The maximum Gasteiger partial charge on any atom is 0.170 e. The molecule has 106 valence electrons. The third kappa shape index (κ3) is 2.11. The molecule has 4 rings (SSSR count). The molecule has 0 radical (unpaired) electrons. The Morgan fingerprint density at radius 3 is 2.76 bits per heavy atom. The molecule has 0 bridgehead atoms. The largest absolute Gasteiger partial charge is 0.353 e. The van der Waals surface area contributed by atoms with Gasteiger partial charge in [0.2, 0.25) is 0 Å². The summed E-state index contributed by atoms with van der Waals surface area (Å²) in [6.45, 7) is 3.83. The minimum atomic E-state index is 0.762. The molecular formula is C14H15N7. The van der Waals surface area contributed by atoms with Crippen molar-refractivity contribution in [3.8, 4) is 5.82 Å². The number of nitrogens with one attached hydrogen (secondary N) is 1. The molecule has 1 aliphatic heterocycles. The summed E-state index contributed by atoms with van der Waals surface area (Å²) in [6, 6.07) is 5.74. The van der Waals surface area contributed by atoms with E-state index in [1.165, 1.54) is 0 Å². The van der Waals surface area contributed by atoms with E-state index in [0.717, 1.165) is 48.8 Å². The van der Waals surface area contributed by atoms with Gasteiger partial charge >= 0.3 is 0 Å². The summed E-state index contributed by atoms with van der Waals surface area (Å²) in [5.41, 5.74) is 0.789. The Kier molecular flexibility index (Phi) is 2.97. The van der Waals surface area contributed by atoms with Gasteiger partial charge in [-0.15, -0.1) is 0 Å². The van der Waals surface area contributed by atoms with Gasteiger partial charge in [0.1, 0.15) is 12.1 Å². The Labute approximate surface area is 121 Å². The van der Waals surface area contributed by atoms with Crippen molar-refractivity contribution < 1.29 is 0 Å². The first-order valence-corrected chi connectivity index (χ1v) is 6.99. The number of pyridine rings is 1. The summed E-state index contributed by atoms with van der Waals surface area (Å²) in [6.07, 6.45) is 5.17. The third-order valence-corrected chi connectivity index (χ3v) is 3.63. The molecule has 1 aliphatic rings. The predicted molar refractivity (Wildman–Crippen MR) is 79.5 cm³/mol. The molecule has 0 aliphatic carbocycles. The van der Waals surface area contributed by atoms with E-state index in [0.29, 0.717) is 0 Å². The minimum absolute atomic E-state index is 0.762. The van der Waals surface area contributed by atoms with Gasteiger partial charge < -0.3 is 10.2 Å². The number of anilines is 1. The Morgan fingerprint density at radius 2 is 1.95 bits per heavy atom. The molecular weight excluding hydrogens is 266 g/mol. The third-order valence-electron chi connectivity index (χ3n) is 3.63. The van der Waals surface area contributed by atoms with Gasteiger partial charge in [-0.3, -0.25) is 0 Å². The second-order valence-corrected chi connectivity index (χ2v) is 4.92. The number of fused-ring (bicyclic) bond motifs is 1. The molecule has 0 spiro atoms. The smallest absolute Gasteiger partial charge is 0.170 e. The van der Waals surface area contributed by atoms with Gasteiger partial charge in [0.15, 0.2) is 11.5 Å². The second kappa shape index (κ2) is 5.10. The molecule has 0 amide bonds. The van der Waals surface area contributed by atoms with E-state index in [4.69, 9.17) is 0 Å². The highest BCUT2D eigenvalue weighted by atomic mass is 15.3. The molecule has 0 aromatic carbocycles. The number of rotatable bonds is 2. The van der Waals surface area contributed by atoms with Crippen molar-refractivity contribution >= 4 is 16.9 Å². The first kappa shape index (κ1) is 12.2. The number of piperazine rings is 1. The van der Waals surface area contributed by atoms with Gasteiger partial charge in [0.25, 0.3) is 0 Å². The highest BCUT2D eigenvalue weighted by Gasteiger charge is 2.18. The molecule has 0 saturated carbocycles. The van der Waals surface area contributed by atoms with E-state index in [9.17, 15) is 0 Å². The minimum Gasteiger partial charge on any atom is -0.353 e. The fourth-order valence-corrected chi connectivity index (χ4v) is 2.61. The lowest BCUT2D eigenvalue weighted by Gasteiger charge is -2.28. The summed E-state index contributed by atoms with van der Waals surface area (Å²) in [7, 11) is 0. The highest BCUT2D eigenvalue weighted by molar-refractivity contribution is 5.87. The van der Waals surface area contributed by atoms with Crippen LogP contribution in [0.1, 0.15) is 0 Å². The van der Waals surface area contributed by atoms with Crippen molar-refractivity contribution in [1.82, 2.24) is 30.0 Å². The van der Waals surface area contributed by atoms with E-state index >= 15 is 0 Å². The van der Waals surface area contributed by atoms with Crippen molar-refractivity contribution in [2.24, 2.45) is 0 Å². The summed E-state index contributed by atoms with van der Waals surface area (Å²) in [5.74, 6) is 1.71. The zero-order chi connectivity index (χ0) is 14.1. The monoisotopic (exact) mass is 281 g/mol. The summed E-state index contributed by atoms with van der Waals surface area (Å²) >= 11 is 0. The molecule has 3 aromatic heterocycles. The number of aromatic nitrogens is 5. The average Bonchev–Trinajstić information content (AvgIpc) is 3.00. The van der Waals surface area contributed by atoms with Crippen molar-refractivity contribution in [2.45, 2.75) is 0 Å². The maximum absolute atomic E-state index is 4.45. The first-order valence-electron chi connectivity index (χ1n) is 6.99. The van der Waals surface area contributed by atoms with Gasteiger partial charge in [-0.05, 0) is 12.1 Å². The van der Waals surface area contributed by atoms with Crippen LogP contribution >= 0.6 is 0 Å². The van der Waals surface area contributed by atoms with Crippen LogP contribution in [-0.4, -0.2) is 50.9 Å². The molecule has 0 atom stereocenters. The highest BCUT2D eigenvalue weighted by Crippen LogP contribution is 2.24. The van der Waals surface area contributed by atoms with Gasteiger partial charge in [0, 0.05) is 32.4 Å². The Hall–Kier alpha value is -2.54. The molecule has 7 heteroatoms. The SMILES string of the molecule is c1ccc(-n2ncc3c(N4CCNCC4)ncnc32)nc1. The van der Waals surface area contributed by atoms with E-state index in [1.807, 2.05) is 24.4 Å². The lowest BCUT2D eigenvalue weighted by Crippen LogP contribution is -2.44. The average molecular weight is 281 g/mol. The van der Waals surface area contributed by atoms with Crippen LogP contribution in [-0.2, 0) is 0 Å². The van der Waals surface area contributed by atoms with Gasteiger partial charge in [-0.1, -0.05) is 6.07 Å². The topological polar surface area (TPSA) is 71.8 Å². The van der Waals surface area contributed by atoms with E-state index < -0.39 is 0 Å². The zero-order valence-corrected chi connectivity index (χ0v) is 11.5. The lowest BCUT2D eigenvalue weighted by molar-refractivity contribution is 0.586.